The summed E-state index contributed by atoms with van der Waals surface area (Å²) in [6, 6.07) is 14.6. The maximum absolute atomic E-state index is 12.8. The highest BCUT2D eigenvalue weighted by molar-refractivity contribution is 7.91. The van der Waals surface area contributed by atoms with Crippen molar-refractivity contribution in [3.8, 4) is 11.5 Å². The van der Waals surface area contributed by atoms with Crippen LogP contribution >= 0.6 is 0 Å². The number of amides is 1. The first-order valence-electron chi connectivity index (χ1n) is 8.74. The molecule has 1 heterocycles. The van der Waals surface area contributed by atoms with Gasteiger partial charge in [0.1, 0.15) is 18.0 Å². The first kappa shape index (κ1) is 21.1. The Hall–Kier alpha value is -3.66. The van der Waals surface area contributed by atoms with Gasteiger partial charge in [0.15, 0.2) is 5.03 Å². The van der Waals surface area contributed by atoms with Crippen molar-refractivity contribution < 1.29 is 22.7 Å². The van der Waals surface area contributed by atoms with Crippen molar-refractivity contribution in [1.29, 1.82) is 0 Å². The number of carbonyl (C=O) groups excluding carboxylic acids is 1. The van der Waals surface area contributed by atoms with Crippen molar-refractivity contribution in [2.75, 3.05) is 19.5 Å². The van der Waals surface area contributed by atoms with Gasteiger partial charge in [-0.1, -0.05) is 6.07 Å². The average molecular weight is 429 g/mol. The van der Waals surface area contributed by atoms with Gasteiger partial charge in [0, 0.05) is 17.8 Å². The molecule has 30 heavy (non-hydrogen) atoms. The van der Waals surface area contributed by atoms with Crippen LogP contribution in [0.1, 0.15) is 0 Å². The molecule has 0 radical (unpaired) electrons. The Morgan fingerprint density at radius 3 is 2.37 bits per heavy atom. The molecule has 1 N–H and O–H groups in total. The number of methoxy groups -OCH3 is 2. The summed E-state index contributed by atoms with van der Waals surface area (Å²) in [6.07, 6.45) is 0. The summed E-state index contributed by atoms with van der Waals surface area (Å²) in [6.45, 7) is -0.456. The third-order valence-electron chi connectivity index (χ3n) is 4.13. The van der Waals surface area contributed by atoms with E-state index >= 15 is 0 Å². The van der Waals surface area contributed by atoms with Gasteiger partial charge in [-0.2, -0.15) is 5.10 Å². The standard InChI is InChI=1S/C20H19N3O6S/c1-28-15-6-8-17(9-7-15)30(26,27)19-10-11-20(25)23(22-19)13-18(24)21-14-4-3-5-16(12-14)29-2/h3-12H,13H2,1-2H3,(H,21,24). The normalized spacial score (nSPS) is 11.0. The smallest absolute Gasteiger partial charge is 0.267 e. The van der Waals surface area contributed by atoms with Gasteiger partial charge in [-0.05, 0) is 42.5 Å². The fourth-order valence-corrected chi connectivity index (χ4v) is 3.79. The first-order chi connectivity index (χ1) is 14.3. The molecule has 3 aromatic rings. The third kappa shape index (κ3) is 4.66. The Bertz CT molecular complexity index is 1220. The van der Waals surface area contributed by atoms with Crippen LogP contribution in [0.3, 0.4) is 0 Å². The number of ether oxygens (including phenoxy) is 2. The number of hydrogen-bond donors (Lipinski definition) is 1. The van der Waals surface area contributed by atoms with Crippen LogP contribution < -0.4 is 20.3 Å². The molecule has 0 spiro atoms. The second-order valence-electron chi connectivity index (χ2n) is 6.13. The van der Waals surface area contributed by atoms with Gasteiger partial charge < -0.3 is 14.8 Å². The molecular formula is C20H19N3O6S. The van der Waals surface area contributed by atoms with Crippen molar-refractivity contribution in [2.24, 2.45) is 0 Å². The average Bonchev–Trinajstić information content (AvgIpc) is 2.75. The lowest BCUT2D eigenvalue weighted by Gasteiger charge is -2.10. The van der Waals surface area contributed by atoms with Crippen molar-refractivity contribution in [2.45, 2.75) is 16.5 Å². The van der Waals surface area contributed by atoms with E-state index in [-0.39, 0.29) is 9.92 Å². The van der Waals surface area contributed by atoms with Crippen LogP contribution in [-0.4, -0.2) is 38.3 Å². The summed E-state index contributed by atoms with van der Waals surface area (Å²) in [5.41, 5.74) is -0.140. The van der Waals surface area contributed by atoms with Gasteiger partial charge in [0.2, 0.25) is 15.7 Å². The molecule has 1 amide bonds. The van der Waals surface area contributed by atoms with E-state index in [9.17, 15) is 18.0 Å². The minimum Gasteiger partial charge on any atom is -0.497 e. The van der Waals surface area contributed by atoms with E-state index in [4.69, 9.17) is 9.47 Å². The molecular weight excluding hydrogens is 410 g/mol. The van der Waals surface area contributed by atoms with E-state index in [0.717, 1.165) is 16.8 Å². The van der Waals surface area contributed by atoms with Crippen molar-refractivity contribution in [3.05, 3.63) is 71.0 Å². The molecule has 0 saturated carbocycles. The largest absolute Gasteiger partial charge is 0.497 e. The van der Waals surface area contributed by atoms with Crippen LogP contribution in [0.4, 0.5) is 5.69 Å². The maximum atomic E-state index is 12.8. The van der Waals surface area contributed by atoms with E-state index in [1.54, 1.807) is 24.3 Å². The minimum atomic E-state index is -3.98. The number of anilines is 1. The first-order valence-corrected chi connectivity index (χ1v) is 10.2. The van der Waals surface area contributed by atoms with Gasteiger partial charge in [0.05, 0.1) is 19.1 Å². The Balaban J connectivity index is 1.83. The highest BCUT2D eigenvalue weighted by Crippen LogP contribution is 2.21. The lowest BCUT2D eigenvalue weighted by atomic mass is 10.3. The summed E-state index contributed by atoms with van der Waals surface area (Å²) in [5, 5.41) is 6.14. The third-order valence-corrected chi connectivity index (χ3v) is 5.80. The number of nitrogens with zero attached hydrogens (tertiary/aromatic N) is 2. The molecule has 0 bridgehead atoms. The molecule has 9 nitrogen and oxygen atoms in total. The van der Waals surface area contributed by atoms with Crippen LogP contribution in [0, 0.1) is 0 Å². The van der Waals surface area contributed by atoms with E-state index in [1.807, 2.05) is 0 Å². The maximum Gasteiger partial charge on any atom is 0.267 e. The van der Waals surface area contributed by atoms with Crippen LogP contribution in [0.15, 0.2) is 75.4 Å². The quantitative estimate of drug-likeness (QED) is 0.608. The molecule has 3 rings (SSSR count). The molecule has 0 saturated heterocycles. The highest BCUT2D eigenvalue weighted by Gasteiger charge is 2.21. The summed E-state index contributed by atoms with van der Waals surface area (Å²) in [4.78, 5) is 24.4. The number of rotatable bonds is 7. The van der Waals surface area contributed by atoms with Gasteiger partial charge in [0.25, 0.3) is 5.56 Å². The number of benzene rings is 2. The Kier molecular flexibility index (Phi) is 6.17. The minimum absolute atomic E-state index is 0.0122. The predicted molar refractivity (Wildman–Crippen MR) is 109 cm³/mol. The topological polar surface area (TPSA) is 117 Å². The fraction of sp³-hybridized carbons (Fsp3) is 0.150. The SMILES string of the molecule is COc1ccc(S(=O)(=O)c2ccc(=O)n(CC(=O)Nc3cccc(OC)c3)n2)cc1. The molecule has 156 valence electrons. The molecule has 0 aliphatic heterocycles. The van der Waals surface area contributed by atoms with Gasteiger partial charge in [-0.15, -0.1) is 0 Å². The van der Waals surface area contributed by atoms with Crippen LogP contribution in [0.2, 0.25) is 0 Å². The molecule has 2 aromatic carbocycles. The summed E-state index contributed by atoms with van der Waals surface area (Å²) in [7, 11) is -1.01. The lowest BCUT2D eigenvalue weighted by molar-refractivity contribution is -0.117. The van der Waals surface area contributed by atoms with Crippen molar-refractivity contribution in [3.63, 3.8) is 0 Å². The van der Waals surface area contributed by atoms with E-state index < -0.39 is 27.8 Å². The zero-order valence-corrected chi connectivity index (χ0v) is 17.0. The molecule has 0 unspecified atom stereocenters. The second kappa shape index (κ2) is 8.78. The number of nitrogens with one attached hydrogen (secondary N) is 1. The van der Waals surface area contributed by atoms with E-state index in [0.29, 0.717) is 17.2 Å². The summed E-state index contributed by atoms with van der Waals surface area (Å²) < 4.78 is 36.5. The molecule has 10 heteroatoms. The van der Waals surface area contributed by atoms with Crippen LogP contribution in [0.25, 0.3) is 0 Å². The Labute approximate surface area is 172 Å². The molecule has 0 aliphatic carbocycles. The lowest BCUT2D eigenvalue weighted by Crippen LogP contribution is -2.30. The zero-order valence-electron chi connectivity index (χ0n) is 16.2. The predicted octanol–water partition coefficient (Wildman–Crippen LogP) is 1.73. The zero-order chi connectivity index (χ0) is 21.7. The number of aromatic nitrogens is 2. The van der Waals surface area contributed by atoms with Crippen LogP contribution in [-0.2, 0) is 21.2 Å². The van der Waals surface area contributed by atoms with Crippen molar-refractivity contribution >= 4 is 21.4 Å². The van der Waals surface area contributed by atoms with Gasteiger partial charge in [-0.25, -0.2) is 13.1 Å². The molecule has 0 atom stereocenters. The van der Waals surface area contributed by atoms with E-state index in [1.165, 1.54) is 38.5 Å². The second-order valence-corrected chi connectivity index (χ2v) is 8.02. The fourth-order valence-electron chi connectivity index (χ4n) is 2.60. The van der Waals surface area contributed by atoms with Gasteiger partial charge >= 0.3 is 0 Å². The molecule has 1 aromatic heterocycles. The van der Waals surface area contributed by atoms with Gasteiger partial charge in [-0.3, -0.25) is 9.59 Å². The number of carbonyl (C=O) groups is 1. The monoisotopic (exact) mass is 429 g/mol. The summed E-state index contributed by atoms with van der Waals surface area (Å²) in [5.74, 6) is 0.508. The molecule has 0 aliphatic rings. The molecule has 0 fully saturated rings. The number of sulfone groups is 1. The highest BCUT2D eigenvalue weighted by atomic mass is 32.2. The summed E-state index contributed by atoms with van der Waals surface area (Å²) >= 11 is 0. The Morgan fingerprint density at radius 2 is 1.70 bits per heavy atom. The Morgan fingerprint density at radius 1 is 1.00 bits per heavy atom. The van der Waals surface area contributed by atoms with E-state index in [2.05, 4.69) is 10.4 Å². The number of hydrogen-bond acceptors (Lipinski definition) is 7. The van der Waals surface area contributed by atoms with Crippen LogP contribution in [0.5, 0.6) is 11.5 Å². The van der Waals surface area contributed by atoms with Crippen molar-refractivity contribution in [1.82, 2.24) is 9.78 Å².